The summed E-state index contributed by atoms with van der Waals surface area (Å²) in [5, 5.41) is 3.29. The maximum absolute atomic E-state index is 12.1. The van der Waals surface area contributed by atoms with Crippen molar-refractivity contribution in [1.82, 2.24) is 10.0 Å². The molecule has 0 saturated carbocycles. The van der Waals surface area contributed by atoms with E-state index in [1.54, 1.807) is 12.1 Å². The Bertz CT molecular complexity index is 498. The van der Waals surface area contributed by atoms with Crippen molar-refractivity contribution in [2.75, 3.05) is 19.8 Å². The minimum atomic E-state index is -3.42. The van der Waals surface area contributed by atoms with Crippen molar-refractivity contribution in [3.63, 3.8) is 0 Å². The lowest BCUT2D eigenvalue weighted by atomic mass is 10.2. The third kappa shape index (κ3) is 7.04. The molecule has 0 aliphatic carbocycles. The largest absolute Gasteiger partial charge is 0.382 e. The average Bonchev–Trinajstić information content (AvgIpc) is 2.45. The second-order valence-electron chi connectivity index (χ2n) is 5.13. The van der Waals surface area contributed by atoms with Gasteiger partial charge >= 0.3 is 0 Å². The fourth-order valence-corrected chi connectivity index (χ4v) is 2.79. The maximum Gasteiger partial charge on any atom is 0.240 e. The number of hydrogen-bond donors (Lipinski definition) is 2. The van der Waals surface area contributed by atoms with Crippen molar-refractivity contribution < 1.29 is 13.2 Å². The van der Waals surface area contributed by atoms with Gasteiger partial charge in [-0.2, -0.15) is 0 Å². The predicted molar refractivity (Wildman–Crippen MR) is 84.7 cm³/mol. The van der Waals surface area contributed by atoms with Gasteiger partial charge in [0, 0.05) is 32.3 Å². The quantitative estimate of drug-likeness (QED) is 0.647. The molecule has 0 radical (unpaired) electrons. The maximum atomic E-state index is 12.1. The van der Waals surface area contributed by atoms with Crippen molar-refractivity contribution in [1.29, 1.82) is 0 Å². The highest BCUT2D eigenvalue weighted by Gasteiger charge is 2.12. The lowest BCUT2D eigenvalue weighted by molar-refractivity contribution is 0.146. The van der Waals surface area contributed by atoms with Crippen LogP contribution in [0.4, 0.5) is 0 Å². The zero-order valence-corrected chi connectivity index (χ0v) is 13.9. The van der Waals surface area contributed by atoms with Crippen LogP contribution in [0.1, 0.15) is 32.8 Å². The van der Waals surface area contributed by atoms with Crippen LogP contribution in [-0.4, -0.2) is 34.2 Å². The van der Waals surface area contributed by atoms with E-state index in [2.05, 4.69) is 23.9 Å². The fraction of sp³-hybridized carbons (Fsp3) is 0.600. The smallest absolute Gasteiger partial charge is 0.240 e. The molecule has 0 saturated heterocycles. The predicted octanol–water partition coefficient (Wildman–Crippen LogP) is 1.89. The standard InChI is InChI=1S/C15H26N2O3S/c1-4-20-11-5-10-17-21(18,19)15-8-6-14(7-9-15)12-16-13(2)3/h6-9,13,16-17H,4-5,10-12H2,1-3H3. The summed E-state index contributed by atoms with van der Waals surface area (Å²) in [6.07, 6.45) is 0.670. The molecule has 6 heteroatoms. The zero-order chi connectivity index (χ0) is 15.7. The first-order chi connectivity index (χ1) is 9.95. The number of hydrogen-bond acceptors (Lipinski definition) is 4. The van der Waals surface area contributed by atoms with Gasteiger partial charge in [-0.25, -0.2) is 13.1 Å². The molecule has 0 unspecified atom stereocenters. The summed E-state index contributed by atoms with van der Waals surface area (Å²) >= 11 is 0. The first-order valence-corrected chi connectivity index (χ1v) is 8.83. The van der Waals surface area contributed by atoms with Crippen LogP contribution in [0.15, 0.2) is 29.2 Å². The van der Waals surface area contributed by atoms with Gasteiger partial charge in [-0.3, -0.25) is 0 Å². The second kappa shape index (κ2) is 9.15. The zero-order valence-electron chi connectivity index (χ0n) is 13.1. The van der Waals surface area contributed by atoms with Gasteiger partial charge in [-0.15, -0.1) is 0 Å². The molecule has 2 N–H and O–H groups in total. The van der Waals surface area contributed by atoms with E-state index in [1.165, 1.54) is 0 Å². The van der Waals surface area contributed by atoms with Crippen LogP contribution in [0.2, 0.25) is 0 Å². The van der Waals surface area contributed by atoms with E-state index in [1.807, 2.05) is 19.1 Å². The Morgan fingerprint density at radius 1 is 1.19 bits per heavy atom. The summed E-state index contributed by atoms with van der Waals surface area (Å²) in [6.45, 7) is 8.41. The Balaban J connectivity index is 2.51. The number of rotatable bonds is 10. The molecular weight excluding hydrogens is 288 g/mol. The number of nitrogens with one attached hydrogen (secondary N) is 2. The molecule has 0 aromatic heterocycles. The first kappa shape index (κ1) is 18.1. The van der Waals surface area contributed by atoms with Crippen molar-refractivity contribution >= 4 is 10.0 Å². The Labute approximate surface area is 128 Å². The normalized spacial score (nSPS) is 12.0. The van der Waals surface area contributed by atoms with Crippen LogP contribution in [0.3, 0.4) is 0 Å². The van der Waals surface area contributed by atoms with Gasteiger partial charge in [0.1, 0.15) is 0 Å². The molecule has 0 aliphatic heterocycles. The monoisotopic (exact) mass is 314 g/mol. The molecule has 0 heterocycles. The summed E-state index contributed by atoms with van der Waals surface area (Å²) < 4.78 is 31.9. The summed E-state index contributed by atoms with van der Waals surface area (Å²) in [4.78, 5) is 0.298. The topological polar surface area (TPSA) is 67.4 Å². The van der Waals surface area contributed by atoms with Crippen LogP contribution in [-0.2, 0) is 21.3 Å². The van der Waals surface area contributed by atoms with E-state index in [0.717, 1.165) is 12.1 Å². The molecule has 0 aliphatic rings. The number of benzene rings is 1. The number of ether oxygens (including phenoxy) is 1. The molecule has 0 bridgehead atoms. The van der Waals surface area contributed by atoms with E-state index in [-0.39, 0.29) is 0 Å². The molecule has 0 amide bonds. The van der Waals surface area contributed by atoms with E-state index < -0.39 is 10.0 Å². The second-order valence-corrected chi connectivity index (χ2v) is 6.89. The van der Waals surface area contributed by atoms with Gasteiger partial charge in [0.15, 0.2) is 0 Å². The van der Waals surface area contributed by atoms with Gasteiger partial charge in [-0.1, -0.05) is 26.0 Å². The highest BCUT2D eigenvalue weighted by Crippen LogP contribution is 2.10. The van der Waals surface area contributed by atoms with Gasteiger partial charge < -0.3 is 10.1 Å². The highest BCUT2D eigenvalue weighted by molar-refractivity contribution is 7.89. The first-order valence-electron chi connectivity index (χ1n) is 7.35. The van der Waals surface area contributed by atoms with Crippen LogP contribution in [0.25, 0.3) is 0 Å². The Hall–Kier alpha value is -0.950. The van der Waals surface area contributed by atoms with Gasteiger partial charge in [0.05, 0.1) is 4.90 Å². The van der Waals surface area contributed by atoms with Gasteiger partial charge in [0.2, 0.25) is 10.0 Å². The molecule has 1 rings (SSSR count). The fourth-order valence-electron chi connectivity index (χ4n) is 1.72. The van der Waals surface area contributed by atoms with Crippen molar-refractivity contribution in [2.24, 2.45) is 0 Å². The van der Waals surface area contributed by atoms with E-state index in [4.69, 9.17) is 4.74 Å². The Morgan fingerprint density at radius 3 is 2.43 bits per heavy atom. The van der Waals surface area contributed by atoms with E-state index in [9.17, 15) is 8.42 Å². The molecule has 120 valence electrons. The van der Waals surface area contributed by atoms with Crippen LogP contribution in [0.5, 0.6) is 0 Å². The third-order valence-corrected chi connectivity index (χ3v) is 4.39. The van der Waals surface area contributed by atoms with Crippen molar-refractivity contribution in [3.05, 3.63) is 29.8 Å². The SMILES string of the molecule is CCOCCCNS(=O)(=O)c1ccc(CNC(C)C)cc1. The minimum absolute atomic E-state index is 0.298. The number of sulfonamides is 1. The summed E-state index contributed by atoms with van der Waals surface area (Å²) in [6, 6.07) is 7.36. The lowest BCUT2D eigenvalue weighted by Gasteiger charge is -2.10. The minimum Gasteiger partial charge on any atom is -0.382 e. The molecule has 21 heavy (non-hydrogen) atoms. The lowest BCUT2D eigenvalue weighted by Crippen LogP contribution is -2.25. The molecule has 0 atom stereocenters. The van der Waals surface area contributed by atoms with Gasteiger partial charge in [0.25, 0.3) is 0 Å². The Kier molecular flexibility index (Phi) is 7.88. The molecule has 1 aromatic carbocycles. The molecule has 0 fully saturated rings. The van der Waals surface area contributed by atoms with Crippen molar-refractivity contribution in [2.45, 2.75) is 44.7 Å². The Morgan fingerprint density at radius 2 is 1.86 bits per heavy atom. The highest BCUT2D eigenvalue weighted by atomic mass is 32.2. The molecule has 5 nitrogen and oxygen atoms in total. The van der Waals surface area contributed by atoms with Crippen LogP contribution < -0.4 is 10.0 Å². The summed E-state index contributed by atoms with van der Waals surface area (Å²) in [5.74, 6) is 0. The average molecular weight is 314 g/mol. The van der Waals surface area contributed by atoms with E-state index >= 15 is 0 Å². The molecule has 1 aromatic rings. The summed E-state index contributed by atoms with van der Waals surface area (Å²) in [5.41, 5.74) is 1.07. The van der Waals surface area contributed by atoms with Crippen LogP contribution >= 0.6 is 0 Å². The van der Waals surface area contributed by atoms with E-state index in [0.29, 0.717) is 37.1 Å². The van der Waals surface area contributed by atoms with Gasteiger partial charge in [-0.05, 0) is 31.0 Å². The van der Waals surface area contributed by atoms with Crippen LogP contribution in [0, 0.1) is 0 Å². The van der Waals surface area contributed by atoms with Crippen molar-refractivity contribution in [3.8, 4) is 0 Å². The molecule has 0 spiro atoms. The summed E-state index contributed by atoms with van der Waals surface area (Å²) in [7, 11) is -3.42. The molecular formula is C15H26N2O3S. The third-order valence-electron chi connectivity index (χ3n) is 2.91.